The Kier molecular flexibility index (Phi) is 6.10. The molecule has 0 aliphatic carbocycles. The smallest absolute Gasteiger partial charge is 0.372 e. The number of aryl methyl sites for hydroxylation is 1. The van der Waals surface area contributed by atoms with Gasteiger partial charge in [-0.2, -0.15) is 4.98 Å². The summed E-state index contributed by atoms with van der Waals surface area (Å²) in [5.74, 6) is 0.759. The van der Waals surface area contributed by atoms with Crippen LogP contribution in [0.1, 0.15) is 19.2 Å². The third-order valence-corrected chi connectivity index (χ3v) is 2.60. The highest BCUT2D eigenvalue weighted by atomic mass is 16.6. The first-order chi connectivity index (χ1) is 9.49. The molecule has 0 aliphatic rings. The van der Waals surface area contributed by atoms with E-state index in [0.717, 1.165) is 13.0 Å². The number of rotatable bonds is 8. The maximum atomic E-state index is 11.2. The lowest BCUT2D eigenvalue weighted by atomic mass is 10.3. The van der Waals surface area contributed by atoms with E-state index in [2.05, 4.69) is 15.3 Å². The van der Waals surface area contributed by atoms with Gasteiger partial charge in [0.15, 0.2) is 0 Å². The Morgan fingerprint density at radius 3 is 2.60 bits per heavy atom. The van der Waals surface area contributed by atoms with Crippen molar-refractivity contribution in [2.24, 2.45) is 0 Å². The molecule has 0 bridgehead atoms. The summed E-state index contributed by atoms with van der Waals surface area (Å²) in [4.78, 5) is 20.9. The molecule has 8 heteroatoms. The van der Waals surface area contributed by atoms with Crippen LogP contribution in [0.5, 0.6) is 5.88 Å². The highest BCUT2D eigenvalue weighted by Crippen LogP contribution is 2.31. The van der Waals surface area contributed by atoms with Gasteiger partial charge in [-0.1, -0.05) is 6.92 Å². The van der Waals surface area contributed by atoms with E-state index in [1.807, 2.05) is 25.9 Å². The third kappa shape index (κ3) is 4.30. The van der Waals surface area contributed by atoms with Crippen LogP contribution in [0.3, 0.4) is 0 Å². The molecule has 0 spiro atoms. The van der Waals surface area contributed by atoms with Crippen molar-refractivity contribution < 1.29 is 9.66 Å². The number of nitrogens with zero attached hydrogens (tertiary/aromatic N) is 4. The summed E-state index contributed by atoms with van der Waals surface area (Å²) in [5.41, 5.74) is -0.217. The summed E-state index contributed by atoms with van der Waals surface area (Å²) in [7, 11) is 5.23. The molecule has 0 unspecified atom stereocenters. The van der Waals surface area contributed by atoms with Crippen molar-refractivity contribution in [2.45, 2.75) is 19.8 Å². The number of ether oxygens (including phenoxy) is 1. The predicted octanol–water partition coefficient (Wildman–Crippen LogP) is 1.32. The second-order valence-corrected chi connectivity index (χ2v) is 4.58. The van der Waals surface area contributed by atoms with Gasteiger partial charge in [0.2, 0.25) is 5.82 Å². The zero-order chi connectivity index (χ0) is 15.1. The van der Waals surface area contributed by atoms with Crippen molar-refractivity contribution in [3.8, 4) is 5.88 Å². The molecule has 0 aliphatic heterocycles. The summed E-state index contributed by atoms with van der Waals surface area (Å²) < 4.78 is 5.02. The molecule has 1 N–H and O–H groups in total. The van der Waals surface area contributed by atoms with Crippen molar-refractivity contribution in [3.63, 3.8) is 0 Å². The van der Waals surface area contributed by atoms with E-state index in [0.29, 0.717) is 18.8 Å². The Hall–Kier alpha value is -1.96. The summed E-state index contributed by atoms with van der Waals surface area (Å²) in [6.45, 7) is 3.29. The fourth-order valence-electron chi connectivity index (χ4n) is 1.64. The van der Waals surface area contributed by atoms with Gasteiger partial charge in [-0.25, -0.2) is 4.98 Å². The highest BCUT2D eigenvalue weighted by molar-refractivity contribution is 5.61. The van der Waals surface area contributed by atoms with E-state index >= 15 is 0 Å². The predicted molar refractivity (Wildman–Crippen MR) is 76.3 cm³/mol. The summed E-state index contributed by atoms with van der Waals surface area (Å²) in [5, 5.41) is 14.1. The average molecular weight is 283 g/mol. The minimum absolute atomic E-state index is 0.000744. The van der Waals surface area contributed by atoms with Crippen LogP contribution >= 0.6 is 0 Å². The van der Waals surface area contributed by atoms with Gasteiger partial charge in [0, 0.05) is 19.5 Å². The lowest BCUT2D eigenvalue weighted by Crippen LogP contribution is -2.22. The zero-order valence-electron chi connectivity index (χ0n) is 12.3. The minimum atomic E-state index is -0.521. The highest BCUT2D eigenvalue weighted by Gasteiger charge is 2.25. The summed E-state index contributed by atoms with van der Waals surface area (Å²) >= 11 is 0. The summed E-state index contributed by atoms with van der Waals surface area (Å²) in [6.07, 6.45) is 1.51. The first-order valence-electron chi connectivity index (χ1n) is 6.47. The fourth-order valence-corrected chi connectivity index (χ4v) is 1.64. The molecule has 0 radical (unpaired) electrons. The first-order valence-corrected chi connectivity index (χ1v) is 6.47. The van der Waals surface area contributed by atoms with Crippen molar-refractivity contribution in [1.82, 2.24) is 14.9 Å². The van der Waals surface area contributed by atoms with Crippen molar-refractivity contribution in [3.05, 3.63) is 15.9 Å². The maximum Gasteiger partial charge on any atom is 0.372 e. The van der Waals surface area contributed by atoms with Gasteiger partial charge in [0.05, 0.1) is 12.0 Å². The molecular weight excluding hydrogens is 262 g/mol. The average Bonchev–Trinajstić information content (AvgIpc) is 2.37. The molecular formula is C12H21N5O3. The zero-order valence-corrected chi connectivity index (χ0v) is 12.3. The van der Waals surface area contributed by atoms with Crippen LogP contribution in [0.15, 0.2) is 0 Å². The Labute approximate surface area is 118 Å². The van der Waals surface area contributed by atoms with Crippen LogP contribution in [0.2, 0.25) is 0 Å². The van der Waals surface area contributed by atoms with E-state index in [9.17, 15) is 10.1 Å². The van der Waals surface area contributed by atoms with Gasteiger partial charge >= 0.3 is 5.69 Å². The van der Waals surface area contributed by atoms with E-state index in [1.54, 1.807) is 0 Å². The third-order valence-electron chi connectivity index (χ3n) is 2.60. The van der Waals surface area contributed by atoms with Crippen molar-refractivity contribution >= 4 is 11.5 Å². The topological polar surface area (TPSA) is 93.4 Å². The number of nitro groups is 1. The number of hydrogen-bond donors (Lipinski definition) is 1. The Morgan fingerprint density at radius 1 is 1.40 bits per heavy atom. The molecule has 8 nitrogen and oxygen atoms in total. The Balaban J connectivity index is 3.08. The lowest BCUT2D eigenvalue weighted by molar-refractivity contribution is -0.385. The molecule has 0 saturated carbocycles. The van der Waals surface area contributed by atoms with Gasteiger partial charge in [0.25, 0.3) is 5.88 Å². The van der Waals surface area contributed by atoms with E-state index < -0.39 is 4.92 Å². The quantitative estimate of drug-likeness (QED) is 0.568. The van der Waals surface area contributed by atoms with Crippen molar-refractivity contribution in [1.29, 1.82) is 0 Å². The van der Waals surface area contributed by atoms with Crippen LogP contribution in [-0.4, -0.2) is 54.1 Å². The van der Waals surface area contributed by atoms with Crippen LogP contribution in [0.4, 0.5) is 11.5 Å². The molecule has 0 amide bonds. The number of hydrogen-bond acceptors (Lipinski definition) is 7. The first kappa shape index (κ1) is 16.1. The van der Waals surface area contributed by atoms with Gasteiger partial charge in [-0.05, 0) is 20.5 Å². The molecule has 1 aromatic heterocycles. The van der Waals surface area contributed by atoms with Gasteiger partial charge in [-0.15, -0.1) is 0 Å². The Morgan fingerprint density at radius 2 is 2.10 bits per heavy atom. The monoisotopic (exact) mass is 283 g/mol. The minimum Gasteiger partial charge on any atom is -0.476 e. The molecule has 0 atom stereocenters. The van der Waals surface area contributed by atoms with Gasteiger partial charge in [-0.3, -0.25) is 10.1 Å². The lowest BCUT2D eigenvalue weighted by Gasteiger charge is -2.12. The SMILES string of the molecule is CCCc1nc(NCCN(C)C)c([N+](=O)[O-])c(OC)n1. The number of likely N-dealkylation sites (N-methyl/N-ethyl adjacent to an activating group) is 1. The number of anilines is 1. The largest absolute Gasteiger partial charge is 0.476 e. The van der Waals surface area contributed by atoms with E-state index in [1.165, 1.54) is 7.11 Å². The summed E-state index contributed by atoms with van der Waals surface area (Å²) in [6, 6.07) is 0. The second kappa shape index (κ2) is 7.59. The molecule has 112 valence electrons. The van der Waals surface area contributed by atoms with Gasteiger partial charge in [0.1, 0.15) is 5.82 Å². The number of nitrogens with one attached hydrogen (secondary N) is 1. The van der Waals surface area contributed by atoms with Crippen LogP contribution < -0.4 is 10.1 Å². The number of aromatic nitrogens is 2. The van der Waals surface area contributed by atoms with Gasteiger partial charge < -0.3 is 15.0 Å². The molecule has 0 aromatic carbocycles. The second-order valence-electron chi connectivity index (χ2n) is 4.58. The standard InChI is InChI=1S/C12H21N5O3/c1-5-6-9-14-11(13-7-8-16(2)3)10(17(18)19)12(15-9)20-4/h5-8H2,1-4H3,(H,13,14,15). The van der Waals surface area contributed by atoms with E-state index in [-0.39, 0.29) is 17.4 Å². The number of methoxy groups -OCH3 is 1. The molecule has 1 rings (SSSR count). The molecule has 1 heterocycles. The maximum absolute atomic E-state index is 11.2. The molecule has 20 heavy (non-hydrogen) atoms. The van der Waals surface area contributed by atoms with E-state index in [4.69, 9.17) is 4.74 Å². The van der Waals surface area contributed by atoms with Crippen molar-refractivity contribution in [2.75, 3.05) is 39.6 Å². The fraction of sp³-hybridized carbons (Fsp3) is 0.667. The molecule has 0 fully saturated rings. The van der Waals surface area contributed by atoms with Crippen LogP contribution in [0, 0.1) is 10.1 Å². The normalized spacial score (nSPS) is 10.7. The molecule has 0 saturated heterocycles. The molecule has 1 aromatic rings. The van der Waals surface area contributed by atoms with Crippen LogP contribution in [-0.2, 0) is 6.42 Å². The Bertz CT molecular complexity index is 465. The van der Waals surface area contributed by atoms with Crippen LogP contribution in [0.25, 0.3) is 0 Å².